The van der Waals surface area contributed by atoms with E-state index in [-0.39, 0.29) is 11.8 Å². The van der Waals surface area contributed by atoms with Crippen LogP contribution in [0.2, 0.25) is 0 Å². The highest BCUT2D eigenvalue weighted by Crippen LogP contribution is 2.39. The maximum absolute atomic E-state index is 12.4. The summed E-state index contributed by atoms with van der Waals surface area (Å²) in [7, 11) is 0. The lowest BCUT2D eigenvalue weighted by Gasteiger charge is -2.44. The molecular formula is C19H27NO2. The van der Waals surface area contributed by atoms with Crippen molar-refractivity contribution in [3.05, 3.63) is 35.9 Å². The van der Waals surface area contributed by atoms with E-state index >= 15 is 0 Å². The van der Waals surface area contributed by atoms with Gasteiger partial charge in [0, 0.05) is 19.0 Å². The van der Waals surface area contributed by atoms with Gasteiger partial charge in [0.05, 0.1) is 5.60 Å². The normalized spacial score (nSPS) is 30.7. The Hall–Kier alpha value is -1.35. The average Bonchev–Trinajstić information content (AvgIpc) is 2.52. The van der Waals surface area contributed by atoms with Crippen LogP contribution in [0, 0.1) is 11.8 Å². The molecular weight excluding hydrogens is 274 g/mol. The molecule has 1 saturated heterocycles. The Labute approximate surface area is 133 Å². The zero-order valence-corrected chi connectivity index (χ0v) is 13.7. The second-order valence-corrected chi connectivity index (χ2v) is 7.46. The third-order valence-electron chi connectivity index (χ3n) is 5.61. The number of hydrogen-bond donors (Lipinski definition) is 1. The number of nitrogens with zero attached hydrogens (tertiary/aromatic N) is 1. The lowest BCUT2D eigenvalue weighted by molar-refractivity contribution is -0.151. The number of hydrogen-bond acceptors (Lipinski definition) is 2. The van der Waals surface area contributed by atoms with Crippen LogP contribution in [-0.4, -0.2) is 34.6 Å². The summed E-state index contributed by atoms with van der Waals surface area (Å²) < 4.78 is 0. The fraction of sp³-hybridized carbons (Fsp3) is 0.632. The van der Waals surface area contributed by atoms with Crippen molar-refractivity contribution in [1.29, 1.82) is 0 Å². The van der Waals surface area contributed by atoms with Gasteiger partial charge >= 0.3 is 0 Å². The molecule has 1 heterocycles. The molecule has 0 radical (unpaired) electrons. The van der Waals surface area contributed by atoms with Crippen LogP contribution in [-0.2, 0) is 4.79 Å². The predicted octanol–water partition coefficient (Wildman–Crippen LogP) is 3.19. The summed E-state index contributed by atoms with van der Waals surface area (Å²) in [5.74, 6) is 1.54. The SMILES string of the molecule is C[C@@H](c1ccccc1)C1CCN(C(=O)[C@H]2C[C@@](C)(O)C2)CC1. The number of likely N-dealkylation sites (tertiary alicyclic amines) is 1. The largest absolute Gasteiger partial charge is 0.390 e. The summed E-state index contributed by atoms with van der Waals surface area (Å²) >= 11 is 0. The summed E-state index contributed by atoms with van der Waals surface area (Å²) in [6, 6.07) is 10.7. The highest BCUT2D eigenvalue weighted by Gasteiger charge is 2.44. The van der Waals surface area contributed by atoms with E-state index in [4.69, 9.17) is 0 Å². The van der Waals surface area contributed by atoms with Crippen LogP contribution in [0.1, 0.15) is 51.0 Å². The highest BCUT2D eigenvalue weighted by atomic mass is 16.3. The molecule has 1 aromatic rings. The highest BCUT2D eigenvalue weighted by molar-refractivity contribution is 5.80. The minimum atomic E-state index is -0.611. The number of benzene rings is 1. The first kappa shape index (κ1) is 15.5. The Bertz CT molecular complexity index is 509. The van der Waals surface area contributed by atoms with E-state index in [0.717, 1.165) is 25.9 Å². The van der Waals surface area contributed by atoms with Crippen molar-refractivity contribution >= 4 is 5.91 Å². The third-order valence-corrected chi connectivity index (χ3v) is 5.61. The molecule has 2 fully saturated rings. The fourth-order valence-corrected chi connectivity index (χ4v) is 4.08. The van der Waals surface area contributed by atoms with Crippen LogP contribution in [0.4, 0.5) is 0 Å². The lowest BCUT2D eigenvalue weighted by atomic mass is 9.71. The predicted molar refractivity (Wildman–Crippen MR) is 87.5 cm³/mol. The topological polar surface area (TPSA) is 40.5 Å². The molecule has 1 N–H and O–H groups in total. The number of aliphatic hydroxyl groups is 1. The molecule has 0 bridgehead atoms. The molecule has 1 aliphatic carbocycles. The van der Waals surface area contributed by atoms with E-state index in [2.05, 4.69) is 37.3 Å². The molecule has 0 unspecified atom stereocenters. The smallest absolute Gasteiger partial charge is 0.225 e. The van der Waals surface area contributed by atoms with E-state index in [1.807, 2.05) is 11.8 Å². The minimum Gasteiger partial charge on any atom is -0.390 e. The first-order valence-electron chi connectivity index (χ1n) is 8.52. The van der Waals surface area contributed by atoms with Gasteiger partial charge in [0.15, 0.2) is 0 Å². The van der Waals surface area contributed by atoms with Crippen molar-refractivity contribution in [2.45, 2.75) is 51.0 Å². The Morgan fingerprint density at radius 1 is 1.23 bits per heavy atom. The van der Waals surface area contributed by atoms with Crippen LogP contribution >= 0.6 is 0 Å². The van der Waals surface area contributed by atoms with Crippen molar-refractivity contribution in [3.8, 4) is 0 Å². The molecule has 3 rings (SSSR count). The minimum absolute atomic E-state index is 0.0538. The van der Waals surface area contributed by atoms with E-state index in [1.165, 1.54) is 5.56 Å². The van der Waals surface area contributed by atoms with Gasteiger partial charge in [0.1, 0.15) is 0 Å². The van der Waals surface area contributed by atoms with Crippen LogP contribution < -0.4 is 0 Å². The second kappa shape index (κ2) is 6.04. The van der Waals surface area contributed by atoms with Gasteiger partial charge in [-0.1, -0.05) is 37.3 Å². The molecule has 22 heavy (non-hydrogen) atoms. The molecule has 0 aromatic heterocycles. The standard InChI is InChI=1S/C19H27NO2/c1-14(15-6-4-3-5-7-15)16-8-10-20(11-9-16)18(21)17-12-19(2,22)13-17/h3-7,14,16-17,22H,8-13H2,1-2H3/t14-,17-,19+/m0/s1. The van der Waals surface area contributed by atoms with E-state index in [9.17, 15) is 9.90 Å². The number of amides is 1. The summed E-state index contributed by atoms with van der Waals surface area (Å²) in [4.78, 5) is 14.5. The third kappa shape index (κ3) is 3.19. The number of rotatable bonds is 3. The molecule has 120 valence electrons. The fourth-order valence-electron chi connectivity index (χ4n) is 4.08. The van der Waals surface area contributed by atoms with Gasteiger partial charge < -0.3 is 10.0 Å². The van der Waals surface area contributed by atoms with Crippen molar-refractivity contribution in [3.63, 3.8) is 0 Å². The van der Waals surface area contributed by atoms with Gasteiger partial charge in [0.25, 0.3) is 0 Å². The van der Waals surface area contributed by atoms with Crippen LogP contribution in [0.25, 0.3) is 0 Å². The van der Waals surface area contributed by atoms with Crippen molar-refractivity contribution in [1.82, 2.24) is 4.90 Å². The summed E-state index contributed by atoms with van der Waals surface area (Å²) in [5, 5.41) is 9.80. The molecule has 1 amide bonds. The Morgan fingerprint density at radius 2 is 1.82 bits per heavy atom. The van der Waals surface area contributed by atoms with Gasteiger partial charge in [-0.3, -0.25) is 4.79 Å². The van der Waals surface area contributed by atoms with Crippen LogP contribution in [0.3, 0.4) is 0 Å². The molecule has 3 heteroatoms. The van der Waals surface area contributed by atoms with Gasteiger partial charge in [-0.05, 0) is 50.0 Å². The monoisotopic (exact) mass is 301 g/mol. The Morgan fingerprint density at radius 3 is 2.36 bits per heavy atom. The maximum atomic E-state index is 12.4. The Kier molecular flexibility index (Phi) is 4.26. The van der Waals surface area contributed by atoms with Crippen LogP contribution in [0.5, 0.6) is 0 Å². The van der Waals surface area contributed by atoms with E-state index < -0.39 is 5.60 Å². The number of piperidine rings is 1. The van der Waals surface area contributed by atoms with Gasteiger partial charge in [-0.25, -0.2) is 0 Å². The zero-order chi connectivity index (χ0) is 15.7. The molecule has 1 saturated carbocycles. The van der Waals surface area contributed by atoms with E-state index in [0.29, 0.717) is 24.7 Å². The number of carbonyl (C=O) groups excluding carboxylic acids is 1. The van der Waals surface area contributed by atoms with Gasteiger partial charge in [-0.15, -0.1) is 0 Å². The molecule has 0 spiro atoms. The summed E-state index contributed by atoms with van der Waals surface area (Å²) in [6.07, 6.45) is 3.44. The molecule has 3 nitrogen and oxygen atoms in total. The average molecular weight is 301 g/mol. The molecule has 1 atom stereocenters. The van der Waals surface area contributed by atoms with Crippen molar-refractivity contribution in [2.75, 3.05) is 13.1 Å². The summed E-state index contributed by atoms with van der Waals surface area (Å²) in [5.41, 5.74) is 0.794. The molecule has 1 aliphatic heterocycles. The van der Waals surface area contributed by atoms with Crippen LogP contribution in [0.15, 0.2) is 30.3 Å². The quantitative estimate of drug-likeness (QED) is 0.931. The van der Waals surface area contributed by atoms with E-state index in [1.54, 1.807) is 0 Å². The number of carbonyl (C=O) groups is 1. The Balaban J connectivity index is 1.51. The first-order chi connectivity index (χ1) is 10.5. The second-order valence-electron chi connectivity index (χ2n) is 7.46. The van der Waals surface area contributed by atoms with Gasteiger partial charge in [0.2, 0.25) is 5.91 Å². The lowest BCUT2D eigenvalue weighted by Crippen LogP contribution is -2.51. The zero-order valence-electron chi connectivity index (χ0n) is 13.7. The summed E-state index contributed by atoms with van der Waals surface area (Å²) in [6.45, 7) is 5.88. The molecule has 2 aliphatic rings. The molecule has 1 aromatic carbocycles. The van der Waals surface area contributed by atoms with Crippen molar-refractivity contribution < 1.29 is 9.90 Å². The maximum Gasteiger partial charge on any atom is 0.225 e. The van der Waals surface area contributed by atoms with Crippen molar-refractivity contribution in [2.24, 2.45) is 11.8 Å². The van der Waals surface area contributed by atoms with Gasteiger partial charge in [-0.2, -0.15) is 0 Å². The first-order valence-corrected chi connectivity index (χ1v) is 8.52.